The first-order chi connectivity index (χ1) is 15.1. The van der Waals surface area contributed by atoms with Gasteiger partial charge >= 0.3 is 0 Å². The minimum absolute atomic E-state index is 0.0393. The Labute approximate surface area is 185 Å². The molecule has 0 fully saturated rings. The fourth-order valence-electron chi connectivity index (χ4n) is 4.52. The van der Waals surface area contributed by atoms with Crippen LogP contribution in [0.1, 0.15) is 41.5 Å². The van der Waals surface area contributed by atoms with Crippen molar-refractivity contribution in [2.45, 2.75) is 25.4 Å². The maximum Gasteiger partial charge on any atom is 0.119 e. The Balaban J connectivity index is 1.71. The third-order valence-electron chi connectivity index (χ3n) is 6.04. The van der Waals surface area contributed by atoms with E-state index in [1.807, 2.05) is 44.4 Å². The van der Waals surface area contributed by atoms with E-state index in [0.29, 0.717) is 6.61 Å². The lowest BCUT2D eigenvalue weighted by atomic mass is 9.89. The standard InChI is InChI=1S/C28H31NO2/c1-4-23(20-14-16-22(17-15-20)31-19-18-29(2)3)27-25-13-9-8-12-24(25)26(28(27)30)21-10-6-5-7-11-21/h5-17,26,28,30H,4,18-19H2,1-3H3/b27-23+. The summed E-state index contributed by atoms with van der Waals surface area (Å²) in [5.74, 6) is 0.836. The molecule has 3 heteroatoms. The van der Waals surface area contributed by atoms with Gasteiger partial charge < -0.3 is 14.7 Å². The Hall–Kier alpha value is -2.88. The van der Waals surface area contributed by atoms with Crippen LogP contribution in [-0.2, 0) is 0 Å². The van der Waals surface area contributed by atoms with Crippen LogP contribution in [0.15, 0.2) is 78.9 Å². The molecule has 2 unspecified atom stereocenters. The lowest BCUT2D eigenvalue weighted by Crippen LogP contribution is -2.19. The van der Waals surface area contributed by atoms with E-state index in [1.165, 1.54) is 11.1 Å². The summed E-state index contributed by atoms with van der Waals surface area (Å²) in [4.78, 5) is 2.11. The van der Waals surface area contributed by atoms with Crippen molar-refractivity contribution >= 4 is 11.1 Å². The van der Waals surface area contributed by atoms with Gasteiger partial charge in [0.15, 0.2) is 0 Å². The molecule has 0 aliphatic heterocycles. The summed E-state index contributed by atoms with van der Waals surface area (Å²) < 4.78 is 5.86. The second kappa shape index (κ2) is 9.51. The minimum atomic E-state index is -0.564. The van der Waals surface area contributed by atoms with Crippen molar-refractivity contribution in [1.82, 2.24) is 4.90 Å². The summed E-state index contributed by atoms with van der Waals surface area (Å²) in [6, 6.07) is 27.0. The molecule has 4 rings (SSSR count). The van der Waals surface area contributed by atoms with Crippen LogP contribution in [0.3, 0.4) is 0 Å². The molecule has 0 saturated carbocycles. The molecule has 160 valence electrons. The molecule has 0 radical (unpaired) electrons. The minimum Gasteiger partial charge on any atom is -0.492 e. The first-order valence-electron chi connectivity index (χ1n) is 11.0. The highest BCUT2D eigenvalue weighted by molar-refractivity contribution is 5.96. The third kappa shape index (κ3) is 4.43. The molecule has 0 heterocycles. The summed E-state index contributed by atoms with van der Waals surface area (Å²) >= 11 is 0. The highest BCUT2D eigenvalue weighted by Crippen LogP contribution is 2.48. The van der Waals surface area contributed by atoms with Gasteiger partial charge in [0.1, 0.15) is 12.4 Å². The second-order valence-corrected chi connectivity index (χ2v) is 8.34. The predicted octanol–water partition coefficient (Wildman–Crippen LogP) is 5.45. The highest BCUT2D eigenvalue weighted by Gasteiger charge is 2.37. The van der Waals surface area contributed by atoms with Gasteiger partial charge in [-0.3, -0.25) is 0 Å². The lowest BCUT2D eigenvalue weighted by molar-refractivity contribution is 0.221. The average Bonchev–Trinajstić information content (AvgIpc) is 3.08. The fraction of sp³-hybridized carbons (Fsp3) is 0.286. The topological polar surface area (TPSA) is 32.7 Å². The smallest absolute Gasteiger partial charge is 0.119 e. The summed E-state index contributed by atoms with van der Waals surface area (Å²) in [5.41, 5.74) is 6.89. The first-order valence-corrected chi connectivity index (χ1v) is 11.0. The molecule has 31 heavy (non-hydrogen) atoms. The Kier molecular flexibility index (Phi) is 6.55. The van der Waals surface area contributed by atoms with Crippen molar-refractivity contribution in [3.05, 3.63) is 101 Å². The number of hydrogen-bond donors (Lipinski definition) is 1. The summed E-state index contributed by atoms with van der Waals surface area (Å²) in [7, 11) is 4.08. The number of ether oxygens (including phenoxy) is 1. The van der Waals surface area contributed by atoms with Crippen molar-refractivity contribution in [2.75, 3.05) is 27.2 Å². The number of benzene rings is 3. The van der Waals surface area contributed by atoms with E-state index in [2.05, 4.69) is 60.4 Å². The quantitative estimate of drug-likeness (QED) is 0.559. The maximum absolute atomic E-state index is 11.5. The van der Waals surface area contributed by atoms with Crippen LogP contribution in [0.5, 0.6) is 5.75 Å². The van der Waals surface area contributed by atoms with Crippen LogP contribution >= 0.6 is 0 Å². The maximum atomic E-state index is 11.5. The van der Waals surface area contributed by atoms with Gasteiger partial charge in [-0.25, -0.2) is 0 Å². The zero-order chi connectivity index (χ0) is 21.8. The largest absolute Gasteiger partial charge is 0.492 e. The van der Waals surface area contributed by atoms with Gasteiger partial charge in [-0.05, 0) is 66.0 Å². The van der Waals surface area contributed by atoms with Crippen molar-refractivity contribution in [3.8, 4) is 5.75 Å². The molecule has 0 spiro atoms. The molecule has 0 saturated heterocycles. The van der Waals surface area contributed by atoms with Gasteiger partial charge in [0.2, 0.25) is 0 Å². The molecule has 0 amide bonds. The molecule has 1 aliphatic rings. The van der Waals surface area contributed by atoms with E-state index in [9.17, 15) is 5.11 Å². The van der Waals surface area contributed by atoms with E-state index < -0.39 is 6.10 Å². The Bertz CT molecular complexity index is 1040. The Morgan fingerprint density at radius 3 is 2.26 bits per heavy atom. The second-order valence-electron chi connectivity index (χ2n) is 8.34. The predicted molar refractivity (Wildman–Crippen MR) is 128 cm³/mol. The number of fused-ring (bicyclic) bond motifs is 1. The van der Waals surface area contributed by atoms with Gasteiger partial charge in [0, 0.05) is 12.5 Å². The monoisotopic (exact) mass is 413 g/mol. The summed E-state index contributed by atoms with van der Waals surface area (Å²) in [6.07, 6.45) is 0.286. The molecule has 3 nitrogen and oxygen atoms in total. The van der Waals surface area contributed by atoms with Crippen LogP contribution in [-0.4, -0.2) is 43.4 Å². The number of nitrogens with zero attached hydrogens (tertiary/aromatic N) is 1. The molecule has 2 atom stereocenters. The van der Waals surface area contributed by atoms with Crippen LogP contribution < -0.4 is 4.74 Å². The number of likely N-dealkylation sites (N-methyl/N-ethyl adjacent to an activating group) is 1. The van der Waals surface area contributed by atoms with E-state index >= 15 is 0 Å². The van der Waals surface area contributed by atoms with Crippen molar-refractivity contribution in [1.29, 1.82) is 0 Å². The van der Waals surface area contributed by atoms with Gasteiger partial charge in [0.05, 0.1) is 6.10 Å². The van der Waals surface area contributed by atoms with Crippen LogP contribution in [0.25, 0.3) is 11.1 Å². The third-order valence-corrected chi connectivity index (χ3v) is 6.04. The van der Waals surface area contributed by atoms with Crippen LogP contribution in [0.2, 0.25) is 0 Å². The molecule has 1 aliphatic carbocycles. The van der Waals surface area contributed by atoms with Crippen molar-refractivity contribution in [2.24, 2.45) is 0 Å². The first kappa shape index (κ1) is 21.4. The summed E-state index contributed by atoms with van der Waals surface area (Å²) in [5, 5.41) is 11.5. The number of aliphatic hydroxyl groups excluding tert-OH is 1. The summed E-state index contributed by atoms with van der Waals surface area (Å²) in [6.45, 7) is 3.71. The normalized spacial score (nSPS) is 19.4. The van der Waals surface area contributed by atoms with Crippen LogP contribution in [0, 0.1) is 0 Å². The van der Waals surface area contributed by atoms with Gasteiger partial charge in [-0.1, -0.05) is 73.7 Å². The van der Waals surface area contributed by atoms with E-state index in [4.69, 9.17) is 4.74 Å². The number of aliphatic hydroxyl groups is 1. The number of allylic oxidation sites excluding steroid dienone is 1. The van der Waals surface area contributed by atoms with E-state index in [0.717, 1.165) is 41.0 Å². The van der Waals surface area contributed by atoms with E-state index in [-0.39, 0.29) is 5.92 Å². The van der Waals surface area contributed by atoms with Gasteiger partial charge in [-0.15, -0.1) is 0 Å². The molecule has 3 aromatic carbocycles. The lowest BCUT2D eigenvalue weighted by Gasteiger charge is -2.19. The molecule has 1 N–H and O–H groups in total. The van der Waals surface area contributed by atoms with Gasteiger partial charge in [-0.2, -0.15) is 0 Å². The Morgan fingerprint density at radius 1 is 0.903 bits per heavy atom. The molecule has 0 bridgehead atoms. The average molecular weight is 414 g/mol. The fourth-order valence-corrected chi connectivity index (χ4v) is 4.52. The molecule has 0 aromatic heterocycles. The van der Waals surface area contributed by atoms with Crippen molar-refractivity contribution in [3.63, 3.8) is 0 Å². The number of hydrogen-bond acceptors (Lipinski definition) is 3. The van der Waals surface area contributed by atoms with Crippen molar-refractivity contribution < 1.29 is 9.84 Å². The van der Waals surface area contributed by atoms with Gasteiger partial charge in [0.25, 0.3) is 0 Å². The Morgan fingerprint density at radius 2 is 1.58 bits per heavy atom. The molecule has 3 aromatic rings. The number of rotatable bonds is 7. The molecular weight excluding hydrogens is 382 g/mol. The van der Waals surface area contributed by atoms with E-state index in [1.54, 1.807) is 0 Å². The van der Waals surface area contributed by atoms with Crippen LogP contribution in [0.4, 0.5) is 0 Å². The SMILES string of the molecule is CC/C(=C1/c2ccccc2C(c2ccccc2)C1O)c1ccc(OCCN(C)C)cc1. The highest BCUT2D eigenvalue weighted by atomic mass is 16.5. The zero-order valence-electron chi connectivity index (χ0n) is 18.6. The molecular formula is C28H31NO2. The zero-order valence-corrected chi connectivity index (χ0v) is 18.6.